The third-order valence-electron chi connectivity index (χ3n) is 7.26. The summed E-state index contributed by atoms with van der Waals surface area (Å²) in [6, 6.07) is 12.6. The molecule has 9 heteroatoms. The summed E-state index contributed by atoms with van der Waals surface area (Å²) in [4.78, 5) is 55.5. The van der Waals surface area contributed by atoms with Crippen molar-refractivity contribution in [2.75, 3.05) is 33.2 Å². The van der Waals surface area contributed by atoms with Crippen molar-refractivity contribution in [3.63, 3.8) is 0 Å². The van der Waals surface area contributed by atoms with Gasteiger partial charge in [0.2, 0.25) is 11.8 Å². The lowest BCUT2D eigenvalue weighted by Gasteiger charge is -2.32. The van der Waals surface area contributed by atoms with Gasteiger partial charge in [-0.25, -0.2) is 0 Å². The maximum atomic E-state index is 12.8. The number of carbonyl (C=O) groups excluding carboxylic acids is 4. The van der Waals surface area contributed by atoms with Gasteiger partial charge in [-0.2, -0.15) is 0 Å². The highest BCUT2D eigenvalue weighted by Crippen LogP contribution is 2.28. The lowest BCUT2D eigenvalue weighted by atomic mass is 10.0. The Morgan fingerprint density at radius 3 is 2.44 bits per heavy atom. The molecule has 2 N–H and O–H groups in total. The number of fused-ring (bicyclic) bond motifs is 1. The van der Waals surface area contributed by atoms with E-state index in [9.17, 15) is 19.2 Å². The van der Waals surface area contributed by atoms with Crippen LogP contribution in [0.25, 0.3) is 0 Å². The first-order chi connectivity index (χ1) is 17.4. The minimum Gasteiger partial charge on any atom is -0.348 e. The van der Waals surface area contributed by atoms with Crippen molar-refractivity contribution in [2.24, 2.45) is 0 Å². The van der Waals surface area contributed by atoms with E-state index in [0.717, 1.165) is 43.9 Å². The van der Waals surface area contributed by atoms with Crippen LogP contribution >= 0.6 is 0 Å². The highest BCUT2D eigenvalue weighted by Gasteiger charge is 2.39. The normalized spacial score (nSPS) is 20.9. The zero-order valence-electron chi connectivity index (χ0n) is 20.5. The molecule has 0 aliphatic carbocycles. The zero-order valence-corrected chi connectivity index (χ0v) is 20.5. The molecule has 3 heterocycles. The van der Waals surface area contributed by atoms with Crippen LogP contribution in [-0.4, -0.2) is 77.6 Å². The van der Waals surface area contributed by atoms with E-state index in [-0.39, 0.29) is 24.1 Å². The van der Waals surface area contributed by atoms with Gasteiger partial charge in [0.15, 0.2) is 0 Å². The van der Waals surface area contributed by atoms with E-state index in [1.165, 1.54) is 10.5 Å². The van der Waals surface area contributed by atoms with Gasteiger partial charge < -0.3 is 15.1 Å². The standard InChI is InChI=1S/C27H31N5O4/c1-30-10-12-31(13-11-30)16-18-2-5-20(6-3-18)25(34)28-15-19-4-7-22-21(14-19)17-32(27(22)36)23-8-9-24(33)29-26(23)35/h2-7,14,23H,8-13,15-17H2,1H3,(H,28,34)(H,29,33,35). The van der Waals surface area contributed by atoms with E-state index in [1.807, 2.05) is 36.4 Å². The summed E-state index contributed by atoms with van der Waals surface area (Å²) in [5.74, 6) is -1.08. The molecule has 3 aliphatic heterocycles. The number of hydrogen-bond donors (Lipinski definition) is 2. The Morgan fingerprint density at radius 1 is 1.00 bits per heavy atom. The van der Waals surface area contributed by atoms with Crippen LogP contribution in [0, 0.1) is 0 Å². The fourth-order valence-corrected chi connectivity index (χ4v) is 5.05. The van der Waals surface area contributed by atoms with E-state index in [2.05, 4.69) is 27.5 Å². The molecular weight excluding hydrogens is 458 g/mol. The number of likely N-dealkylation sites (N-methyl/N-ethyl adjacent to an activating group) is 1. The second kappa shape index (κ2) is 10.2. The SMILES string of the molecule is CN1CCN(Cc2ccc(C(=O)NCc3ccc4c(c3)CN(C3CCC(=O)NC3=O)C4=O)cc2)CC1. The predicted octanol–water partition coefficient (Wildman–Crippen LogP) is 1.13. The number of nitrogens with one attached hydrogen (secondary N) is 2. The van der Waals surface area contributed by atoms with Crippen LogP contribution in [0.4, 0.5) is 0 Å². The number of imide groups is 1. The highest BCUT2D eigenvalue weighted by atomic mass is 16.2. The first kappa shape index (κ1) is 24.1. The van der Waals surface area contributed by atoms with E-state index in [1.54, 1.807) is 6.07 Å². The molecule has 5 rings (SSSR count). The monoisotopic (exact) mass is 489 g/mol. The molecule has 2 fully saturated rings. The van der Waals surface area contributed by atoms with Gasteiger partial charge in [0.1, 0.15) is 6.04 Å². The number of nitrogens with zero attached hydrogens (tertiary/aromatic N) is 3. The topological polar surface area (TPSA) is 102 Å². The minimum atomic E-state index is -0.634. The zero-order chi connectivity index (χ0) is 25.2. The van der Waals surface area contributed by atoms with E-state index in [0.29, 0.717) is 30.6 Å². The Kier molecular flexibility index (Phi) is 6.84. The van der Waals surface area contributed by atoms with Gasteiger partial charge in [-0.15, -0.1) is 0 Å². The Morgan fingerprint density at radius 2 is 1.72 bits per heavy atom. The van der Waals surface area contributed by atoms with Crippen LogP contribution in [-0.2, 0) is 29.2 Å². The molecule has 3 aliphatic rings. The van der Waals surface area contributed by atoms with Gasteiger partial charge >= 0.3 is 0 Å². The molecule has 2 aromatic rings. The smallest absolute Gasteiger partial charge is 0.255 e. The second-order valence-corrected chi connectivity index (χ2v) is 9.85. The summed E-state index contributed by atoms with van der Waals surface area (Å²) < 4.78 is 0. The predicted molar refractivity (Wildman–Crippen MR) is 133 cm³/mol. The lowest BCUT2D eigenvalue weighted by molar-refractivity contribution is -0.136. The molecule has 2 saturated heterocycles. The maximum Gasteiger partial charge on any atom is 0.255 e. The third-order valence-corrected chi connectivity index (χ3v) is 7.26. The summed E-state index contributed by atoms with van der Waals surface area (Å²) in [6.07, 6.45) is 0.562. The fourth-order valence-electron chi connectivity index (χ4n) is 5.05. The molecule has 188 valence electrons. The van der Waals surface area contributed by atoms with Crippen LogP contribution in [0.1, 0.15) is 50.2 Å². The first-order valence-corrected chi connectivity index (χ1v) is 12.4. The van der Waals surface area contributed by atoms with Gasteiger partial charge in [-0.1, -0.05) is 24.3 Å². The maximum absolute atomic E-state index is 12.8. The van der Waals surface area contributed by atoms with Gasteiger partial charge in [0.05, 0.1) is 0 Å². The largest absolute Gasteiger partial charge is 0.348 e. The molecule has 0 aromatic heterocycles. The van der Waals surface area contributed by atoms with Crippen LogP contribution < -0.4 is 10.6 Å². The van der Waals surface area contributed by atoms with Gasteiger partial charge in [0, 0.05) is 63.4 Å². The molecule has 2 aromatic carbocycles. The van der Waals surface area contributed by atoms with Crippen molar-refractivity contribution in [1.82, 2.24) is 25.3 Å². The van der Waals surface area contributed by atoms with Crippen molar-refractivity contribution >= 4 is 23.6 Å². The summed E-state index contributed by atoms with van der Waals surface area (Å²) in [7, 11) is 2.14. The Labute approximate surface area is 210 Å². The van der Waals surface area contributed by atoms with Crippen molar-refractivity contribution < 1.29 is 19.2 Å². The molecule has 36 heavy (non-hydrogen) atoms. The Bertz CT molecular complexity index is 1190. The molecule has 0 radical (unpaired) electrons. The molecule has 1 unspecified atom stereocenters. The van der Waals surface area contributed by atoms with E-state index in [4.69, 9.17) is 0 Å². The van der Waals surface area contributed by atoms with Crippen molar-refractivity contribution in [1.29, 1.82) is 0 Å². The number of rotatable bonds is 6. The van der Waals surface area contributed by atoms with Crippen LogP contribution in [0.15, 0.2) is 42.5 Å². The van der Waals surface area contributed by atoms with Gasteiger partial charge in [-0.05, 0) is 48.4 Å². The van der Waals surface area contributed by atoms with Crippen LogP contribution in [0.2, 0.25) is 0 Å². The Balaban J connectivity index is 1.16. The van der Waals surface area contributed by atoms with Gasteiger partial charge in [-0.3, -0.25) is 29.4 Å². The van der Waals surface area contributed by atoms with Crippen molar-refractivity contribution in [3.05, 3.63) is 70.3 Å². The number of benzene rings is 2. The average Bonchev–Trinajstić information content (AvgIpc) is 3.20. The number of carbonyl (C=O) groups is 4. The fraction of sp³-hybridized carbons (Fsp3) is 0.407. The molecular formula is C27H31N5O4. The molecule has 9 nitrogen and oxygen atoms in total. The van der Waals surface area contributed by atoms with Crippen molar-refractivity contribution in [2.45, 2.75) is 38.5 Å². The average molecular weight is 490 g/mol. The number of piperazine rings is 1. The minimum absolute atomic E-state index is 0.150. The number of piperidine rings is 1. The summed E-state index contributed by atoms with van der Waals surface area (Å²) in [6.45, 7) is 5.80. The number of amides is 4. The van der Waals surface area contributed by atoms with Crippen LogP contribution in [0.3, 0.4) is 0 Å². The highest BCUT2D eigenvalue weighted by molar-refractivity contribution is 6.05. The number of hydrogen-bond acceptors (Lipinski definition) is 6. The Hall–Kier alpha value is -3.56. The second-order valence-electron chi connectivity index (χ2n) is 9.85. The van der Waals surface area contributed by atoms with Crippen LogP contribution in [0.5, 0.6) is 0 Å². The first-order valence-electron chi connectivity index (χ1n) is 12.4. The molecule has 1 atom stereocenters. The molecule has 4 amide bonds. The van der Waals surface area contributed by atoms with E-state index < -0.39 is 11.9 Å². The molecule has 0 spiro atoms. The van der Waals surface area contributed by atoms with Crippen molar-refractivity contribution in [3.8, 4) is 0 Å². The molecule has 0 saturated carbocycles. The summed E-state index contributed by atoms with van der Waals surface area (Å²) in [5, 5.41) is 5.27. The van der Waals surface area contributed by atoms with Gasteiger partial charge in [0.25, 0.3) is 11.8 Å². The lowest BCUT2D eigenvalue weighted by Crippen LogP contribution is -2.52. The quantitative estimate of drug-likeness (QED) is 0.590. The summed E-state index contributed by atoms with van der Waals surface area (Å²) >= 11 is 0. The third kappa shape index (κ3) is 5.17. The summed E-state index contributed by atoms with van der Waals surface area (Å²) in [5.41, 5.74) is 4.07. The van der Waals surface area contributed by atoms with E-state index >= 15 is 0 Å². The molecule has 0 bridgehead atoms.